The van der Waals surface area contributed by atoms with Gasteiger partial charge in [0.05, 0.1) is 16.8 Å². The van der Waals surface area contributed by atoms with E-state index < -0.39 is 0 Å². The molecule has 0 bridgehead atoms. The van der Waals surface area contributed by atoms with Crippen molar-refractivity contribution in [3.05, 3.63) is 17.2 Å². The van der Waals surface area contributed by atoms with E-state index in [0.29, 0.717) is 5.02 Å². The average Bonchev–Trinajstić information content (AvgIpc) is 2.69. The Morgan fingerprint density at radius 2 is 2.31 bits per heavy atom. The van der Waals surface area contributed by atoms with Gasteiger partial charge < -0.3 is 10.1 Å². The highest BCUT2D eigenvalue weighted by molar-refractivity contribution is 7.22. The molecule has 1 N–H and O–H groups in total. The van der Waals surface area contributed by atoms with Crippen LogP contribution in [-0.4, -0.2) is 18.6 Å². The molecule has 0 aliphatic rings. The maximum Gasteiger partial charge on any atom is 0.183 e. The van der Waals surface area contributed by atoms with E-state index in [0.717, 1.165) is 34.1 Å². The number of fused-ring (bicyclic) bond motifs is 1. The van der Waals surface area contributed by atoms with Gasteiger partial charge in [-0.1, -0.05) is 29.9 Å². The summed E-state index contributed by atoms with van der Waals surface area (Å²) in [5.74, 6) is 0.767. The number of nitrogens with zero attached hydrogens (tertiary/aromatic N) is 1. The molecular formula is C11H13ClN2OS. The number of nitrogens with one attached hydrogen (secondary N) is 1. The Morgan fingerprint density at radius 1 is 1.50 bits per heavy atom. The van der Waals surface area contributed by atoms with Crippen LogP contribution in [0.5, 0.6) is 5.75 Å². The smallest absolute Gasteiger partial charge is 0.183 e. The molecule has 0 amide bonds. The van der Waals surface area contributed by atoms with E-state index in [-0.39, 0.29) is 0 Å². The van der Waals surface area contributed by atoms with Gasteiger partial charge in [0.2, 0.25) is 0 Å². The predicted octanol–water partition coefficient (Wildman–Crippen LogP) is 3.78. The number of anilines is 1. The molecule has 0 unspecified atom stereocenters. The second-order valence-corrected chi connectivity index (χ2v) is 4.84. The number of rotatable bonds is 4. The van der Waals surface area contributed by atoms with Gasteiger partial charge in [-0.2, -0.15) is 0 Å². The standard InChI is InChI=1S/C11H13ClN2OS/c1-3-4-13-11-14-10-8(12)5-7(15-2)6-9(10)16-11/h5-6H,3-4H2,1-2H3,(H,13,14). The molecule has 1 aromatic carbocycles. The van der Waals surface area contributed by atoms with Crippen LogP contribution in [0.25, 0.3) is 10.2 Å². The highest BCUT2D eigenvalue weighted by Crippen LogP contribution is 2.34. The van der Waals surface area contributed by atoms with E-state index >= 15 is 0 Å². The molecular weight excluding hydrogens is 244 g/mol. The van der Waals surface area contributed by atoms with E-state index in [1.807, 2.05) is 6.07 Å². The molecule has 0 atom stereocenters. The Kier molecular flexibility index (Phi) is 3.51. The first-order chi connectivity index (χ1) is 7.74. The van der Waals surface area contributed by atoms with Gasteiger partial charge in [-0.05, 0) is 12.5 Å². The zero-order chi connectivity index (χ0) is 11.5. The van der Waals surface area contributed by atoms with E-state index in [1.54, 1.807) is 24.5 Å². The number of ether oxygens (including phenoxy) is 1. The van der Waals surface area contributed by atoms with Gasteiger partial charge in [-0.25, -0.2) is 4.98 Å². The largest absolute Gasteiger partial charge is 0.497 e. The molecule has 86 valence electrons. The number of thiazole rings is 1. The first-order valence-electron chi connectivity index (χ1n) is 5.12. The molecule has 0 aliphatic carbocycles. The van der Waals surface area contributed by atoms with E-state index in [2.05, 4.69) is 17.2 Å². The van der Waals surface area contributed by atoms with Crippen LogP contribution in [0.3, 0.4) is 0 Å². The number of methoxy groups -OCH3 is 1. The molecule has 3 nitrogen and oxygen atoms in total. The average molecular weight is 257 g/mol. The summed E-state index contributed by atoms with van der Waals surface area (Å²) in [7, 11) is 1.63. The lowest BCUT2D eigenvalue weighted by Gasteiger charge is -1.99. The monoisotopic (exact) mass is 256 g/mol. The summed E-state index contributed by atoms with van der Waals surface area (Å²) in [6, 6.07) is 3.74. The lowest BCUT2D eigenvalue weighted by molar-refractivity contribution is 0.415. The first-order valence-corrected chi connectivity index (χ1v) is 6.32. The molecule has 2 aromatic rings. The molecule has 0 saturated carbocycles. The van der Waals surface area contributed by atoms with Crippen molar-refractivity contribution in [1.29, 1.82) is 0 Å². The summed E-state index contributed by atoms with van der Waals surface area (Å²) in [4.78, 5) is 4.45. The number of benzene rings is 1. The Labute approximate surface area is 103 Å². The molecule has 16 heavy (non-hydrogen) atoms. The summed E-state index contributed by atoms with van der Waals surface area (Å²) in [6.07, 6.45) is 1.08. The lowest BCUT2D eigenvalue weighted by Crippen LogP contribution is -1.98. The molecule has 5 heteroatoms. The summed E-state index contributed by atoms with van der Waals surface area (Å²) in [6.45, 7) is 3.05. The SMILES string of the molecule is CCCNc1nc2c(Cl)cc(OC)cc2s1. The van der Waals surface area contributed by atoms with Crippen molar-refractivity contribution in [1.82, 2.24) is 4.98 Å². The molecule has 0 radical (unpaired) electrons. The van der Waals surface area contributed by atoms with Crippen LogP contribution in [0.4, 0.5) is 5.13 Å². The van der Waals surface area contributed by atoms with Crippen LogP contribution >= 0.6 is 22.9 Å². The number of hydrogen-bond acceptors (Lipinski definition) is 4. The first kappa shape index (κ1) is 11.5. The zero-order valence-electron chi connectivity index (χ0n) is 9.21. The van der Waals surface area contributed by atoms with Gasteiger partial charge in [-0.3, -0.25) is 0 Å². The van der Waals surface area contributed by atoms with Gasteiger partial charge >= 0.3 is 0 Å². The third-order valence-electron chi connectivity index (χ3n) is 2.18. The van der Waals surface area contributed by atoms with Crippen molar-refractivity contribution in [2.45, 2.75) is 13.3 Å². The van der Waals surface area contributed by atoms with Gasteiger partial charge in [-0.15, -0.1) is 0 Å². The Hall–Kier alpha value is -1.000. The number of hydrogen-bond donors (Lipinski definition) is 1. The molecule has 1 aromatic heterocycles. The summed E-state index contributed by atoms with van der Waals surface area (Å²) >= 11 is 7.72. The van der Waals surface area contributed by atoms with E-state index in [9.17, 15) is 0 Å². The normalized spacial score (nSPS) is 10.7. The summed E-state index contributed by atoms with van der Waals surface area (Å²) < 4.78 is 6.21. The van der Waals surface area contributed by atoms with Crippen LogP contribution in [0.1, 0.15) is 13.3 Å². The van der Waals surface area contributed by atoms with Gasteiger partial charge in [0.1, 0.15) is 11.3 Å². The molecule has 0 spiro atoms. The van der Waals surface area contributed by atoms with Crippen LogP contribution in [-0.2, 0) is 0 Å². The highest BCUT2D eigenvalue weighted by atomic mass is 35.5. The van der Waals surface area contributed by atoms with Crippen molar-refractivity contribution in [2.75, 3.05) is 19.0 Å². The fourth-order valence-electron chi connectivity index (χ4n) is 1.39. The fraction of sp³-hybridized carbons (Fsp3) is 0.364. The van der Waals surface area contributed by atoms with Crippen molar-refractivity contribution in [3.63, 3.8) is 0 Å². The zero-order valence-corrected chi connectivity index (χ0v) is 10.8. The molecule has 0 fully saturated rings. The maximum absolute atomic E-state index is 6.12. The third kappa shape index (κ3) is 2.23. The van der Waals surface area contributed by atoms with Crippen molar-refractivity contribution < 1.29 is 4.74 Å². The minimum atomic E-state index is 0.634. The van der Waals surface area contributed by atoms with E-state index in [1.165, 1.54) is 0 Å². The van der Waals surface area contributed by atoms with Crippen molar-refractivity contribution in [2.24, 2.45) is 0 Å². The molecule has 1 heterocycles. The number of halogens is 1. The number of aromatic nitrogens is 1. The van der Waals surface area contributed by atoms with E-state index in [4.69, 9.17) is 16.3 Å². The third-order valence-corrected chi connectivity index (χ3v) is 3.43. The maximum atomic E-state index is 6.12. The van der Waals surface area contributed by atoms with Gasteiger partial charge in [0.15, 0.2) is 5.13 Å². The van der Waals surface area contributed by atoms with Crippen molar-refractivity contribution >= 4 is 38.3 Å². The molecule has 2 rings (SSSR count). The second kappa shape index (κ2) is 4.89. The van der Waals surface area contributed by atoms with Gasteiger partial charge in [0, 0.05) is 12.6 Å². The summed E-state index contributed by atoms with van der Waals surface area (Å²) in [5, 5.41) is 4.80. The Bertz CT molecular complexity index is 498. The lowest BCUT2D eigenvalue weighted by atomic mass is 10.3. The quantitative estimate of drug-likeness (QED) is 0.904. The predicted molar refractivity (Wildman–Crippen MR) is 70.0 cm³/mol. The second-order valence-electron chi connectivity index (χ2n) is 3.40. The fourth-order valence-corrected chi connectivity index (χ4v) is 2.64. The Morgan fingerprint density at radius 3 is 3.00 bits per heavy atom. The minimum Gasteiger partial charge on any atom is -0.497 e. The van der Waals surface area contributed by atoms with Crippen LogP contribution in [0, 0.1) is 0 Å². The van der Waals surface area contributed by atoms with Crippen LogP contribution in [0.15, 0.2) is 12.1 Å². The molecule has 0 saturated heterocycles. The highest BCUT2D eigenvalue weighted by Gasteiger charge is 2.08. The molecule has 0 aliphatic heterocycles. The van der Waals surface area contributed by atoms with Crippen LogP contribution in [0.2, 0.25) is 5.02 Å². The van der Waals surface area contributed by atoms with Crippen LogP contribution < -0.4 is 10.1 Å². The van der Waals surface area contributed by atoms with Gasteiger partial charge in [0.25, 0.3) is 0 Å². The Balaban J connectivity index is 2.40. The topological polar surface area (TPSA) is 34.2 Å². The van der Waals surface area contributed by atoms with Crippen molar-refractivity contribution in [3.8, 4) is 5.75 Å². The summed E-state index contributed by atoms with van der Waals surface area (Å²) in [5.41, 5.74) is 0.839. The minimum absolute atomic E-state index is 0.634.